The van der Waals surface area contributed by atoms with E-state index in [0.29, 0.717) is 40.5 Å². The van der Waals surface area contributed by atoms with E-state index in [1.54, 1.807) is 40.1 Å². The third-order valence-electron chi connectivity index (χ3n) is 8.06. The Bertz CT molecular complexity index is 1680. The van der Waals surface area contributed by atoms with E-state index in [1.165, 1.54) is 32.2 Å². The molecule has 5 rings (SSSR count). The molecular weight excluding hydrogens is 655 g/mol. The molecule has 2 aromatic carbocycles. The number of halogens is 2. The minimum Gasteiger partial charge on any atom is -0.497 e. The van der Waals surface area contributed by atoms with Crippen LogP contribution in [0.1, 0.15) is 36.9 Å². The van der Waals surface area contributed by atoms with Crippen LogP contribution in [0.5, 0.6) is 5.75 Å². The second kappa shape index (κ2) is 12.8. The van der Waals surface area contributed by atoms with Crippen LogP contribution < -0.4 is 15.4 Å². The van der Waals surface area contributed by atoms with Crippen LogP contribution in [-0.4, -0.2) is 88.4 Å². The van der Waals surface area contributed by atoms with Gasteiger partial charge in [0.2, 0.25) is 21.9 Å². The standard InChI is InChI=1S/C28H33B2BrFN5O6S/c1-15(26(39)35-23(14-38)17-9-18(32)12-20(10-17)42-2)37-28(29,30)21-4-3-16(11-24(21)44(37,40)41)25-22(31)13-33-27(36-25)34-19-5-7-43-8-6-19/h3-4,9-13,15,19,23,38H,5-8,14,29-30H2,1-2H3,(H,35,39)(H,33,34,36)/t15-,23-/m1/s1. The van der Waals surface area contributed by atoms with Gasteiger partial charge >= 0.3 is 0 Å². The van der Waals surface area contributed by atoms with Crippen LogP contribution in [0.2, 0.25) is 0 Å². The first kappa shape index (κ1) is 32.4. The van der Waals surface area contributed by atoms with Crippen molar-refractivity contribution in [2.75, 3.05) is 32.2 Å². The Hall–Kier alpha value is -3.04. The average Bonchev–Trinajstić information content (AvgIpc) is 3.16. The molecule has 3 N–H and O–H groups in total. The number of nitrogens with one attached hydrogen (secondary N) is 2. The van der Waals surface area contributed by atoms with Crippen molar-refractivity contribution in [2.24, 2.45) is 0 Å². The number of hydrogen-bond acceptors (Lipinski definition) is 9. The number of fused-ring (bicyclic) bond motifs is 1. The van der Waals surface area contributed by atoms with E-state index in [0.717, 1.165) is 17.1 Å². The zero-order chi connectivity index (χ0) is 31.8. The van der Waals surface area contributed by atoms with Gasteiger partial charge in [-0.1, -0.05) is 12.1 Å². The molecule has 2 atom stereocenters. The first-order chi connectivity index (χ1) is 20.9. The van der Waals surface area contributed by atoms with Crippen molar-refractivity contribution < 1.29 is 32.2 Å². The second-order valence-corrected chi connectivity index (χ2v) is 14.0. The molecule has 1 saturated heterocycles. The van der Waals surface area contributed by atoms with Gasteiger partial charge in [-0.25, -0.2) is 22.8 Å². The second-order valence-electron chi connectivity index (χ2n) is 11.3. The topological polar surface area (TPSA) is 143 Å². The van der Waals surface area contributed by atoms with Crippen LogP contribution in [-0.2, 0) is 24.9 Å². The molecular formula is C28H33B2BrFN5O6S. The maximum atomic E-state index is 14.1. The number of methoxy groups -OCH3 is 1. The fourth-order valence-corrected chi connectivity index (χ4v) is 8.52. The maximum absolute atomic E-state index is 14.1. The number of amides is 1. The van der Waals surface area contributed by atoms with E-state index in [1.807, 2.05) is 0 Å². The van der Waals surface area contributed by atoms with Gasteiger partial charge in [-0.05, 0) is 65.0 Å². The lowest BCUT2D eigenvalue weighted by atomic mass is 9.57. The predicted octanol–water partition coefficient (Wildman–Crippen LogP) is 1.26. The molecule has 0 saturated carbocycles. The van der Waals surface area contributed by atoms with Crippen LogP contribution in [0.25, 0.3) is 11.3 Å². The molecule has 1 aromatic heterocycles. The SMILES string of the molecule is BC1(B)c2ccc(-c3nc(NC4CCOCC4)ncc3Br)cc2S(=O)(=O)N1[C@H](C)C(=O)N[C@H](CO)c1cc(F)cc(OC)c1. The van der Waals surface area contributed by atoms with Crippen LogP contribution in [0.4, 0.5) is 10.3 Å². The summed E-state index contributed by atoms with van der Waals surface area (Å²) >= 11 is 3.50. The molecule has 16 heteroatoms. The number of aliphatic hydroxyl groups excluding tert-OH is 1. The Labute approximate surface area is 265 Å². The van der Waals surface area contributed by atoms with Crippen LogP contribution in [0.3, 0.4) is 0 Å². The number of aromatic nitrogens is 2. The molecule has 232 valence electrons. The van der Waals surface area contributed by atoms with Gasteiger partial charge in [0.05, 0.1) is 34.8 Å². The number of carbonyl (C=O) groups is 1. The molecule has 1 fully saturated rings. The molecule has 1 amide bonds. The van der Waals surface area contributed by atoms with Crippen molar-refractivity contribution in [3.8, 4) is 17.0 Å². The Morgan fingerprint density at radius 2 is 2.00 bits per heavy atom. The number of carbonyl (C=O) groups excluding carboxylic acids is 1. The van der Waals surface area contributed by atoms with Gasteiger partial charge in [0.25, 0.3) is 0 Å². The molecule has 0 spiro atoms. The van der Waals surface area contributed by atoms with Gasteiger partial charge in [-0.2, -0.15) is 4.31 Å². The molecule has 3 aromatic rings. The van der Waals surface area contributed by atoms with Gasteiger partial charge in [-0.15, -0.1) is 0 Å². The Morgan fingerprint density at radius 1 is 1.27 bits per heavy atom. The predicted molar refractivity (Wildman–Crippen MR) is 171 cm³/mol. The van der Waals surface area contributed by atoms with Crippen molar-refractivity contribution in [1.82, 2.24) is 19.6 Å². The fourth-order valence-electron chi connectivity index (χ4n) is 5.81. The number of ether oxygens (including phenoxy) is 2. The van der Waals surface area contributed by atoms with E-state index < -0.39 is 45.8 Å². The third-order valence-corrected chi connectivity index (χ3v) is 10.8. The first-order valence-electron chi connectivity index (χ1n) is 14.2. The largest absolute Gasteiger partial charge is 0.497 e. The van der Waals surface area contributed by atoms with Crippen molar-refractivity contribution in [1.29, 1.82) is 0 Å². The Kier molecular flexibility index (Phi) is 9.38. The molecule has 11 nitrogen and oxygen atoms in total. The molecule has 3 heterocycles. The summed E-state index contributed by atoms with van der Waals surface area (Å²) in [4.78, 5) is 22.6. The van der Waals surface area contributed by atoms with Crippen LogP contribution in [0.15, 0.2) is 52.0 Å². The number of nitrogens with zero attached hydrogens (tertiary/aromatic N) is 3. The minimum absolute atomic E-state index is 0.0673. The van der Waals surface area contributed by atoms with Crippen LogP contribution in [0, 0.1) is 5.82 Å². The van der Waals surface area contributed by atoms with Crippen molar-refractivity contribution in [2.45, 2.75) is 48.1 Å². The zero-order valence-corrected chi connectivity index (χ0v) is 27.2. The summed E-state index contributed by atoms with van der Waals surface area (Å²) in [5.74, 6) is -0.604. The number of rotatable bonds is 9. The van der Waals surface area contributed by atoms with Crippen molar-refractivity contribution in [3.63, 3.8) is 0 Å². The summed E-state index contributed by atoms with van der Waals surface area (Å²) < 4.78 is 54.5. The third kappa shape index (κ3) is 6.23. The lowest BCUT2D eigenvalue weighted by molar-refractivity contribution is -0.125. The summed E-state index contributed by atoms with van der Waals surface area (Å²) in [6.07, 6.45) is 3.29. The number of sulfonamides is 1. The Morgan fingerprint density at radius 3 is 2.68 bits per heavy atom. The summed E-state index contributed by atoms with van der Waals surface area (Å²) in [6, 6.07) is 6.98. The van der Waals surface area contributed by atoms with E-state index in [2.05, 4.69) is 36.5 Å². The number of hydrogen-bond donors (Lipinski definition) is 3. The van der Waals surface area contributed by atoms with Crippen molar-refractivity contribution >= 4 is 53.5 Å². The van der Waals surface area contributed by atoms with Gasteiger partial charge in [0.1, 0.15) is 33.3 Å². The summed E-state index contributed by atoms with van der Waals surface area (Å²) in [6.45, 7) is 2.26. The highest BCUT2D eigenvalue weighted by atomic mass is 79.9. The normalized spacial score (nSPS) is 19.1. The highest BCUT2D eigenvalue weighted by Gasteiger charge is 2.51. The summed E-state index contributed by atoms with van der Waals surface area (Å²) in [7, 11) is 0.688. The monoisotopic (exact) mass is 687 g/mol. The first-order valence-corrected chi connectivity index (χ1v) is 16.4. The molecule has 2 aliphatic heterocycles. The molecule has 0 aliphatic carbocycles. The molecule has 0 unspecified atom stereocenters. The molecule has 0 radical (unpaired) electrons. The highest BCUT2D eigenvalue weighted by molar-refractivity contribution is 9.10. The van der Waals surface area contributed by atoms with Crippen LogP contribution >= 0.6 is 15.9 Å². The number of aliphatic hydroxyl groups is 1. The number of anilines is 1. The molecule has 0 bridgehead atoms. The zero-order valence-electron chi connectivity index (χ0n) is 24.8. The van der Waals surface area contributed by atoms with E-state index in [4.69, 9.17) is 9.47 Å². The van der Waals surface area contributed by atoms with Gasteiger partial charge < -0.3 is 25.2 Å². The maximum Gasteiger partial charge on any atom is 0.243 e. The number of benzene rings is 2. The lowest BCUT2D eigenvalue weighted by Crippen LogP contribution is -2.55. The fraction of sp³-hybridized carbons (Fsp3) is 0.393. The average molecular weight is 688 g/mol. The van der Waals surface area contributed by atoms with Gasteiger partial charge in [-0.3, -0.25) is 4.79 Å². The van der Waals surface area contributed by atoms with E-state index >= 15 is 0 Å². The molecule has 2 aliphatic rings. The minimum atomic E-state index is -4.16. The smallest absolute Gasteiger partial charge is 0.243 e. The summed E-state index contributed by atoms with van der Waals surface area (Å²) in [5.41, 5.74) is 1.89. The van der Waals surface area contributed by atoms with E-state index in [9.17, 15) is 22.7 Å². The van der Waals surface area contributed by atoms with E-state index in [-0.39, 0.29) is 22.3 Å². The lowest BCUT2D eigenvalue weighted by Gasteiger charge is -2.35. The highest BCUT2D eigenvalue weighted by Crippen LogP contribution is 2.44. The quantitative estimate of drug-likeness (QED) is 0.284. The van der Waals surface area contributed by atoms with Gasteiger partial charge in [0, 0.05) is 42.4 Å². The molecule has 44 heavy (non-hydrogen) atoms. The van der Waals surface area contributed by atoms with Crippen molar-refractivity contribution in [3.05, 3.63) is 64.0 Å². The Balaban J connectivity index is 1.42. The summed E-state index contributed by atoms with van der Waals surface area (Å²) in [5, 5.41) is 14.9. The van der Waals surface area contributed by atoms with Gasteiger partial charge in [0.15, 0.2) is 0 Å².